The van der Waals surface area contributed by atoms with E-state index in [0.29, 0.717) is 6.42 Å². The second kappa shape index (κ2) is 6.14. The number of alkyl halides is 3. The van der Waals surface area contributed by atoms with E-state index in [1.165, 1.54) is 0 Å². The van der Waals surface area contributed by atoms with Gasteiger partial charge in [0.2, 0.25) is 0 Å². The van der Waals surface area contributed by atoms with Gasteiger partial charge >= 0.3 is 12.1 Å². The van der Waals surface area contributed by atoms with Crippen LogP contribution in [0.4, 0.5) is 13.2 Å². The van der Waals surface area contributed by atoms with Crippen molar-refractivity contribution in [1.29, 1.82) is 0 Å². The standard InChI is InChI=1S/C14H25F3O2/c1-7-13(5,6)8-10(12(2,3)4)11(18)19-9-14(15,16)17/h10H,7-9H2,1-6H3. The third kappa shape index (κ3) is 7.43. The van der Waals surface area contributed by atoms with Gasteiger partial charge < -0.3 is 4.74 Å². The summed E-state index contributed by atoms with van der Waals surface area (Å²) in [6.07, 6.45) is -3.10. The first kappa shape index (κ1) is 18.3. The van der Waals surface area contributed by atoms with E-state index in [2.05, 4.69) is 4.74 Å². The number of esters is 1. The predicted octanol–water partition coefficient (Wildman–Crippen LogP) is 4.58. The zero-order valence-corrected chi connectivity index (χ0v) is 12.6. The molecule has 0 aromatic heterocycles. The van der Waals surface area contributed by atoms with Crippen LogP contribution in [-0.2, 0) is 9.53 Å². The molecule has 0 spiro atoms. The lowest BCUT2D eigenvalue weighted by Crippen LogP contribution is -2.35. The average molecular weight is 282 g/mol. The fraction of sp³-hybridized carbons (Fsp3) is 0.929. The van der Waals surface area contributed by atoms with E-state index < -0.39 is 30.1 Å². The van der Waals surface area contributed by atoms with E-state index in [0.717, 1.165) is 6.42 Å². The molecule has 0 heterocycles. The molecule has 0 aromatic rings. The molecular weight excluding hydrogens is 257 g/mol. The molecule has 0 radical (unpaired) electrons. The van der Waals surface area contributed by atoms with Crippen molar-refractivity contribution in [2.45, 2.75) is 60.6 Å². The second-order valence-corrected chi connectivity index (χ2v) is 6.86. The smallest absolute Gasteiger partial charge is 0.422 e. The van der Waals surface area contributed by atoms with Crippen molar-refractivity contribution >= 4 is 5.97 Å². The molecule has 0 rings (SSSR count). The Bertz CT molecular complexity index is 301. The fourth-order valence-corrected chi connectivity index (χ4v) is 1.69. The second-order valence-electron chi connectivity index (χ2n) is 6.86. The summed E-state index contributed by atoms with van der Waals surface area (Å²) in [6.45, 7) is 10.0. The third-order valence-corrected chi connectivity index (χ3v) is 3.42. The van der Waals surface area contributed by atoms with Crippen LogP contribution in [0.15, 0.2) is 0 Å². The number of hydrogen-bond donors (Lipinski definition) is 0. The Hall–Kier alpha value is -0.740. The molecule has 0 N–H and O–H groups in total. The molecule has 5 heteroatoms. The Balaban J connectivity index is 4.83. The SMILES string of the molecule is CCC(C)(C)CC(C(=O)OCC(F)(F)F)C(C)(C)C. The van der Waals surface area contributed by atoms with Crippen molar-refractivity contribution in [3.8, 4) is 0 Å². The zero-order valence-electron chi connectivity index (χ0n) is 12.6. The maximum atomic E-state index is 12.1. The summed E-state index contributed by atoms with van der Waals surface area (Å²) in [4.78, 5) is 11.9. The molecule has 0 amide bonds. The Morgan fingerprint density at radius 2 is 1.58 bits per heavy atom. The van der Waals surface area contributed by atoms with Crippen molar-refractivity contribution in [2.24, 2.45) is 16.7 Å². The Kier molecular flexibility index (Phi) is 5.90. The van der Waals surface area contributed by atoms with Crippen LogP contribution in [0.25, 0.3) is 0 Å². The van der Waals surface area contributed by atoms with Crippen molar-refractivity contribution in [3.63, 3.8) is 0 Å². The number of hydrogen-bond acceptors (Lipinski definition) is 2. The highest BCUT2D eigenvalue weighted by Crippen LogP contribution is 2.38. The minimum Gasteiger partial charge on any atom is -0.456 e. The van der Waals surface area contributed by atoms with Gasteiger partial charge in [-0.05, 0) is 17.3 Å². The lowest BCUT2D eigenvalue weighted by Gasteiger charge is -2.35. The van der Waals surface area contributed by atoms with Gasteiger partial charge in [0, 0.05) is 0 Å². The Morgan fingerprint density at radius 1 is 1.11 bits per heavy atom. The maximum Gasteiger partial charge on any atom is 0.422 e. The molecule has 114 valence electrons. The highest BCUT2D eigenvalue weighted by Gasteiger charge is 2.38. The zero-order chi connectivity index (χ0) is 15.5. The normalized spacial score (nSPS) is 15.2. The molecule has 0 aliphatic rings. The first-order chi connectivity index (χ1) is 8.28. The number of carbonyl (C=O) groups is 1. The van der Waals surface area contributed by atoms with Gasteiger partial charge in [0.1, 0.15) is 0 Å². The molecule has 0 aliphatic heterocycles. The van der Waals surface area contributed by atoms with Gasteiger partial charge in [-0.25, -0.2) is 0 Å². The highest BCUT2D eigenvalue weighted by molar-refractivity contribution is 5.73. The van der Waals surface area contributed by atoms with Crippen LogP contribution in [0, 0.1) is 16.7 Å². The fourth-order valence-electron chi connectivity index (χ4n) is 1.69. The van der Waals surface area contributed by atoms with Crippen molar-refractivity contribution in [3.05, 3.63) is 0 Å². The first-order valence-electron chi connectivity index (χ1n) is 6.52. The summed E-state index contributed by atoms with van der Waals surface area (Å²) >= 11 is 0. The van der Waals surface area contributed by atoms with Crippen LogP contribution < -0.4 is 0 Å². The van der Waals surface area contributed by atoms with E-state index in [-0.39, 0.29) is 5.41 Å². The molecule has 1 unspecified atom stereocenters. The summed E-state index contributed by atoms with van der Waals surface area (Å²) in [5.74, 6) is -1.30. The average Bonchev–Trinajstić information content (AvgIpc) is 2.20. The van der Waals surface area contributed by atoms with Gasteiger partial charge in [0.15, 0.2) is 6.61 Å². The van der Waals surface area contributed by atoms with Gasteiger partial charge in [0.05, 0.1) is 5.92 Å². The topological polar surface area (TPSA) is 26.3 Å². The molecule has 0 bridgehead atoms. The number of carbonyl (C=O) groups excluding carboxylic acids is 1. The summed E-state index contributed by atoms with van der Waals surface area (Å²) in [5.41, 5.74) is -0.523. The summed E-state index contributed by atoms with van der Waals surface area (Å²) in [7, 11) is 0. The molecular formula is C14H25F3O2. The molecule has 2 nitrogen and oxygen atoms in total. The maximum absolute atomic E-state index is 12.1. The van der Waals surface area contributed by atoms with Gasteiger partial charge in [-0.3, -0.25) is 4.79 Å². The lowest BCUT2D eigenvalue weighted by molar-refractivity contribution is -0.192. The Morgan fingerprint density at radius 3 is 1.89 bits per heavy atom. The van der Waals surface area contributed by atoms with Crippen molar-refractivity contribution in [1.82, 2.24) is 0 Å². The first-order valence-corrected chi connectivity index (χ1v) is 6.52. The van der Waals surface area contributed by atoms with E-state index >= 15 is 0 Å². The van der Waals surface area contributed by atoms with E-state index in [9.17, 15) is 18.0 Å². The molecule has 1 atom stereocenters. The molecule has 0 saturated heterocycles. The van der Waals surface area contributed by atoms with Crippen LogP contribution in [0.3, 0.4) is 0 Å². The van der Waals surface area contributed by atoms with Gasteiger partial charge in [0.25, 0.3) is 0 Å². The van der Waals surface area contributed by atoms with Crippen molar-refractivity contribution < 1.29 is 22.7 Å². The van der Waals surface area contributed by atoms with Crippen LogP contribution in [0.2, 0.25) is 0 Å². The van der Waals surface area contributed by atoms with E-state index in [4.69, 9.17) is 0 Å². The van der Waals surface area contributed by atoms with Gasteiger partial charge in [-0.15, -0.1) is 0 Å². The summed E-state index contributed by atoms with van der Waals surface area (Å²) in [6, 6.07) is 0. The minimum atomic E-state index is -4.47. The Labute approximate surface area is 113 Å². The molecule has 0 fully saturated rings. The van der Waals surface area contributed by atoms with Crippen LogP contribution in [0.5, 0.6) is 0 Å². The highest BCUT2D eigenvalue weighted by atomic mass is 19.4. The molecule has 0 aromatic carbocycles. The van der Waals surface area contributed by atoms with Crippen LogP contribution in [0.1, 0.15) is 54.4 Å². The molecule has 19 heavy (non-hydrogen) atoms. The number of rotatable bonds is 5. The monoisotopic (exact) mass is 282 g/mol. The number of ether oxygens (including phenoxy) is 1. The molecule has 0 saturated carbocycles. The van der Waals surface area contributed by atoms with E-state index in [1.54, 1.807) is 0 Å². The van der Waals surface area contributed by atoms with Crippen LogP contribution >= 0.6 is 0 Å². The van der Waals surface area contributed by atoms with Gasteiger partial charge in [-0.1, -0.05) is 48.0 Å². The van der Waals surface area contributed by atoms with Crippen molar-refractivity contribution in [2.75, 3.05) is 6.61 Å². The van der Waals surface area contributed by atoms with Crippen LogP contribution in [-0.4, -0.2) is 18.8 Å². The molecule has 0 aliphatic carbocycles. The summed E-state index contributed by atoms with van der Waals surface area (Å²) in [5, 5.41) is 0. The largest absolute Gasteiger partial charge is 0.456 e. The summed E-state index contributed by atoms with van der Waals surface area (Å²) < 4.78 is 40.7. The lowest BCUT2D eigenvalue weighted by atomic mass is 9.70. The minimum absolute atomic E-state index is 0.102. The predicted molar refractivity (Wildman–Crippen MR) is 68.6 cm³/mol. The van der Waals surface area contributed by atoms with Gasteiger partial charge in [-0.2, -0.15) is 13.2 Å². The third-order valence-electron chi connectivity index (χ3n) is 3.42. The number of halogens is 3. The van der Waals surface area contributed by atoms with E-state index in [1.807, 2.05) is 41.5 Å². The quantitative estimate of drug-likeness (QED) is 0.690.